The lowest BCUT2D eigenvalue weighted by Crippen LogP contribution is -2.32. The first-order valence-corrected chi connectivity index (χ1v) is 9.12. The molecule has 1 aliphatic rings. The van der Waals surface area contributed by atoms with Crippen molar-refractivity contribution in [1.82, 2.24) is 14.9 Å². The van der Waals surface area contributed by atoms with Gasteiger partial charge in [0.2, 0.25) is 0 Å². The molecule has 2 aromatic carbocycles. The van der Waals surface area contributed by atoms with Gasteiger partial charge in [0, 0.05) is 36.8 Å². The highest BCUT2D eigenvalue weighted by Crippen LogP contribution is 2.28. The van der Waals surface area contributed by atoms with Gasteiger partial charge in [-0.1, -0.05) is 60.7 Å². The van der Waals surface area contributed by atoms with Crippen LogP contribution in [0.2, 0.25) is 0 Å². The van der Waals surface area contributed by atoms with E-state index in [-0.39, 0.29) is 17.9 Å². The first-order valence-electron chi connectivity index (χ1n) is 9.12. The first kappa shape index (κ1) is 17.4. The molecule has 2 unspecified atom stereocenters. The van der Waals surface area contributed by atoms with Gasteiger partial charge in [-0.15, -0.1) is 0 Å². The monoisotopic (exact) mass is 358 g/mol. The molecule has 5 heteroatoms. The highest BCUT2D eigenvalue weighted by Gasteiger charge is 2.34. The van der Waals surface area contributed by atoms with Gasteiger partial charge in [0.15, 0.2) is 5.82 Å². The second-order valence-electron chi connectivity index (χ2n) is 6.95. The zero-order valence-corrected chi connectivity index (χ0v) is 15.2. The zero-order chi connectivity index (χ0) is 18.8. The van der Waals surface area contributed by atoms with E-state index < -0.39 is 0 Å². The van der Waals surface area contributed by atoms with Crippen LogP contribution in [-0.2, 0) is 0 Å². The van der Waals surface area contributed by atoms with Crippen molar-refractivity contribution in [3.8, 4) is 11.4 Å². The average Bonchev–Trinajstić information content (AvgIpc) is 3.10. The summed E-state index contributed by atoms with van der Waals surface area (Å²) in [7, 11) is 0. The molecule has 4 rings (SSSR count). The van der Waals surface area contributed by atoms with E-state index in [4.69, 9.17) is 5.73 Å². The first-order chi connectivity index (χ1) is 13.1. The largest absolute Gasteiger partial charge is 0.336 e. The van der Waals surface area contributed by atoms with Crippen LogP contribution < -0.4 is 5.73 Å². The number of likely N-dealkylation sites (tertiary alicyclic amines) is 1. The minimum atomic E-state index is -0.0684. The van der Waals surface area contributed by atoms with Gasteiger partial charge in [-0.05, 0) is 12.5 Å². The number of carbonyl (C=O) groups excluding carboxylic acids is 1. The van der Waals surface area contributed by atoms with Crippen LogP contribution in [0.1, 0.15) is 27.5 Å². The molecule has 27 heavy (non-hydrogen) atoms. The van der Waals surface area contributed by atoms with Crippen molar-refractivity contribution in [3.63, 3.8) is 0 Å². The summed E-state index contributed by atoms with van der Waals surface area (Å²) in [5.74, 6) is 0.728. The standard InChI is InChI=1S/C22H22N4O/c1-15-18(12-24-21(25-15)17-10-6-3-7-11-17)22(27)26-13-19(20(23)14-26)16-8-4-2-5-9-16/h2-12,19-20H,13-14,23H2,1H3. The molecule has 3 aromatic rings. The number of nitrogens with two attached hydrogens (primary N) is 1. The lowest BCUT2D eigenvalue weighted by molar-refractivity contribution is 0.0787. The number of nitrogens with zero attached hydrogens (tertiary/aromatic N) is 3. The predicted octanol–water partition coefficient (Wildman–Crippen LogP) is 3.02. The normalized spacial score (nSPS) is 19.3. The number of benzene rings is 2. The molecule has 1 aromatic heterocycles. The molecule has 2 N–H and O–H groups in total. The third-order valence-electron chi connectivity index (χ3n) is 5.12. The summed E-state index contributed by atoms with van der Waals surface area (Å²) in [6.07, 6.45) is 1.63. The summed E-state index contributed by atoms with van der Waals surface area (Å²) < 4.78 is 0. The molecule has 1 fully saturated rings. The van der Waals surface area contributed by atoms with Gasteiger partial charge in [0.1, 0.15) is 0 Å². The number of amides is 1. The van der Waals surface area contributed by atoms with Gasteiger partial charge in [0.25, 0.3) is 5.91 Å². The highest BCUT2D eigenvalue weighted by molar-refractivity contribution is 5.95. The fourth-order valence-corrected chi connectivity index (χ4v) is 3.62. The molecule has 1 saturated heterocycles. The Kier molecular flexibility index (Phi) is 4.69. The number of carbonyl (C=O) groups is 1. The summed E-state index contributed by atoms with van der Waals surface area (Å²) in [6, 6.07) is 19.8. The molecule has 1 amide bonds. The maximum Gasteiger partial charge on any atom is 0.257 e. The molecule has 0 radical (unpaired) electrons. The molecule has 0 spiro atoms. The molecule has 0 aliphatic carbocycles. The topological polar surface area (TPSA) is 72.1 Å². The molecule has 5 nitrogen and oxygen atoms in total. The Bertz CT molecular complexity index is 943. The van der Waals surface area contributed by atoms with Crippen LogP contribution in [0.3, 0.4) is 0 Å². The van der Waals surface area contributed by atoms with E-state index in [0.29, 0.717) is 30.2 Å². The van der Waals surface area contributed by atoms with Crippen molar-refractivity contribution in [1.29, 1.82) is 0 Å². The van der Waals surface area contributed by atoms with Crippen LogP contribution in [0, 0.1) is 6.92 Å². The molecule has 0 saturated carbocycles. The van der Waals surface area contributed by atoms with Crippen LogP contribution in [0.5, 0.6) is 0 Å². The van der Waals surface area contributed by atoms with E-state index in [1.54, 1.807) is 6.20 Å². The lowest BCUT2D eigenvalue weighted by atomic mass is 9.95. The molecule has 1 aliphatic heterocycles. The van der Waals surface area contributed by atoms with Crippen LogP contribution in [0.25, 0.3) is 11.4 Å². The van der Waals surface area contributed by atoms with E-state index in [1.807, 2.05) is 60.4 Å². The Hall–Kier alpha value is -3.05. The van der Waals surface area contributed by atoms with Crippen LogP contribution in [-0.4, -0.2) is 39.9 Å². The van der Waals surface area contributed by atoms with Crippen molar-refractivity contribution in [2.24, 2.45) is 5.73 Å². The van der Waals surface area contributed by atoms with Gasteiger partial charge in [-0.2, -0.15) is 0 Å². The predicted molar refractivity (Wildman–Crippen MR) is 105 cm³/mol. The van der Waals surface area contributed by atoms with Crippen LogP contribution in [0.4, 0.5) is 0 Å². The maximum absolute atomic E-state index is 13.0. The minimum Gasteiger partial charge on any atom is -0.336 e. The van der Waals surface area contributed by atoms with E-state index in [2.05, 4.69) is 22.1 Å². The zero-order valence-electron chi connectivity index (χ0n) is 15.2. The number of hydrogen-bond donors (Lipinski definition) is 1. The van der Waals surface area contributed by atoms with Crippen molar-refractivity contribution >= 4 is 5.91 Å². The van der Waals surface area contributed by atoms with Crippen molar-refractivity contribution < 1.29 is 4.79 Å². The Morgan fingerprint density at radius 3 is 2.37 bits per heavy atom. The highest BCUT2D eigenvalue weighted by atomic mass is 16.2. The number of aromatic nitrogens is 2. The summed E-state index contributed by atoms with van der Waals surface area (Å²) in [6.45, 7) is 3.01. The molecule has 2 heterocycles. The lowest BCUT2D eigenvalue weighted by Gasteiger charge is -2.17. The minimum absolute atomic E-state index is 0.0546. The molecule has 0 bridgehead atoms. The van der Waals surface area contributed by atoms with E-state index in [0.717, 1.165) is 5.56 Å². The SMILES string of the molecule is Cc1nc(-c2ccccc2)ncc1C(=O)N1CC(N)C(c2ccccc2)C1. The summed E-state index contributed by atoms with van der Waals surface area (Å²) in [5, 5.41) is 0. The Labute approximate surface area is 158 Å². The smallest absolute Gasteiger partial charge is 0.257 e. The van der Waals surface area contributed by atoms with Crippen LogP contribution in [0.15, 0.2) is 66.9 Å². The molecule has 2 atom stereocenters. The van der Waals surface area contributed by atoms with Crippen LogP contribution >= 0.6 is 0 Å². The average molecular weight is 358 g/mol. The molecule has 136 valence electrons. The Morgan fingerprint density at radius 2 is 1.70 bits per heavy atom. The summed E-state index contributed by atoms with van der Waals surface area (Å²) in [4.78, 5) is 23.8. The Morgan fingerprint density at radius 1 is 1.04 bits per heavy atom. The maximum atomic E-state index is 13.0. The summed E-state index contributed by atoms with van der Waals surface area (Å²) >= 11 is 0. The fraction of sp³-hybridized carbons (Fsp3) is 0.227. The number of rotatable bonds is 3. The van der Waals surface area contributed by atoms with E-state index in [1.165, 1.54) is 5.56 Å². The van der Waals surface area contributed by atoms with Crippen molar-refractivity contribution in [2.75, 3.05) is 13.1 Å². The second kappa shape index (κ2) is 7.29. The number of aryl methyl sites for hydroxylation is 1. The van der Waals surface area contributed by atoms with E-state index in [9.17, 15) is 4.79 Å². The van der Waals surface area contributed by atoms with E-state index >= 15 is 0 Å². The summed E-state index contributed by atoms with van der Waals surface area (Å²) in [5.41, 5.74) is 9.66. The quantitative estimate of drug-likeness (QED) is 0.781. The van der Waals surface area contributed by atoms with Crippen molar-refractivity contribution in [2.45, 2.75) is 18.9 Å². The fourth-order valence-electron chi connectivity index (χ4n) is 3.62. The van der Waals surface area contributed by atoms with Gasteiger partial charge < -0.3 is 10.6 Å². The Balaban J connectivity index is 1.55. The van der Waals surface area contributed by atoms with Gasteiger partial charge >= 0.3 is 0 Å². The molecular formula is C22H22N4O. The van der Waals surface area contributed by atoms with Crippen molar-refractivity contribution in [3.05, 3.63) is 83.7 Å². The van der Waals surface area contributed by atoms with Gasteiger partial charge in [-0.3, -0.25) is 4.79 Å². The molecular weight excluding hydrogens is 336 g/mol. The number of hydrogen-bond acceptors (Lipinski definition) is 4. The second-order valence-corrected chi connectivity index (χ2v) is 6.95. The van der Waals surface area contributed by atoms with Gasteiger partial charge in [0.05, 0.1) is 11.3 Å². The third kappa shape index (κ3) is 3.46. The third-order valence-corrected chi connectivity index (χ3v) is 5.12. The van der Waals surface area contributed by atoms with Gasteiger partial charge in [-0.25, -0.2) is 9.97 Å².